The molecule has 0 fully saturated rings. The van der Waals surface area contributed by atoms with E-state index >= 15 is 0 Å². The zero-order valence-corrected chi connectivity index (χ0v) is 6.50. The lowest BCUT2D eigenvalue weighted by Gasteiger charge is -2.05. The Balaban J connectivity index is 2.76. The first-order valence-electron chi connectivity index (χ1n) is 3.61. The summed E-state index contributed by atoms with van der Waals surface area (Å²) in [5, 5.41) is 9.35. The van der Waals surface area contributed by atoms with E-state index in [9.17, 15) is 9.50 Å². The average Bonchev–Trinajstić information content (AvgIpc) is 2.06. The summed E-state index contributed by atoms with van der Waals surface area (Å²) in [5.74, 6) is 2.02. The summed E-state index contributed by atoms with van der Waals surface area (Å²) < 4.78 is 12.4. The van der Waals surface area contributed by atoms with Gasteiger partial charge in [0, 0.05) is 6.42 Å². The molecule has 0 saturated heterocycles. The Labute approximate surface area is 70.9 Å². The molecule has 0 saturated carbocycles. The molecule has 2 heteroatoms. The van der Waals surface area contributed by atoms with Crippen LogP contribution in [0.15, 0.2) is 24.3 Å². The second-order valence-corrected chi connectivity index (χ2v) is 2.48. The molecule has 1 rings (SSSR count). The van der Waals surface area contributed by atoms with Crippen LogP contribution >= 0.6 is 0 Å². The summed E-state index contributed by atoms with van der Waals surface area (Å²) in [6.07, 6.45) is 4.58. The Morgan fingerprint density at radius 2 is 2.00 bits per heavy atom. The van der Waals surface area contributed by atoms with Gasteiger partial charge in [0.1, 0.15) is 5.82 Å². The van der Waals surface area contributed by atoms with Crippen molar-refractivity contribution in [3.8, 4) is 12.3 Å². The zero-order valence-electron chi connectivity index (χ0n) is 6.50. The molecule has 1 nitrogen and oxygen atoms in total. The fourth-order valence-corrected chi connectivity index (χ4v) is 0.914. The van der Waals surface area contributed by atoms with E-state index in [-0.39, 0.29) is 12.2 Å². The topological polar surface area (TPSA) is 20.2 Å². The summed E-state index contributed by atoms with van der Waals surface area (Å²) in [7, 11) is 0. The molecule has 1 N–H and O–H groups in total. The summed E-state index contributed by atoms with van der Waals surface area (Å²) >= 11 is 0. The van der Waals surface area contributed by atoms with Crippen molar-refractivity contribution < 1.29 is 9.50 Å². The summed E-state index contributed by atoms with van der Waals surface area (Å²) in [6.45, 7) is 0. The van der Waals surface area contributed by atoms with Crippen molar-refractivity contribution in [2.75, 3.05) is 0 Å². The van der Waals surface area contributed by atoms with Crippen molar-refractivity contribution in [2.45, 2.75) is 12.5 Å². The van der Waals surface area contributed by atoms with Gasteiger partial charge in [0.2, 0.25) is 0 Å². The molecule has 0 aliphatic heterocycles. The third kappa shape index (κ3) is 2.08. The van der Waals surface area contributed by atoms with E-state index in [1.54, 1.807) is 0 Å². The van der Waals surface area contributed by atoms with Crippen LogP contribution in [0.25, 0.3) is 0 Å². The van der Waals surface area contributed by atoms with Gasteiger partial charge in [-0.2, -0.15) is 0 Å². The van der Waals surface area contributed by atoms with E-state index in [0.717, 1.165) is 0 Å². The number of terminal acetylenes is 1. The van der Waals surface area contributed by atoms with Gasteiger partial charge < -0.3 is 5.11 Å². The molecule has 12 heavy (non-hydrogen) atoms. The molecule has 0 spiro atoms. The van der Waals surface area contributed by atoms with Crippen LogP contribution in [-0.2, 0) is 0 Å². The van der Waals surface area contributed by atoms with Crippen LogP contribution < -0.4 is 0 Å². The maximum absolute atomic E-state index is 12.4. The average molecular weight is 164 g/mol. The maximum atomic E-state index is 12.4. The van der Waals surface area contributed by atoms with Gasteiger partial charge in [0.05, 0.1) is 6.10 Å². The molecule has 0 radical (unpaired) electrons. The fraction of sp³-hybridized carbons (Fsp3) is 0.200. The third-order valence-corrected chi connectivity index (χ3v) is 1.57. The second kappa shape index (κ2) is 3.89. The minimum atomic E-state index is -0.685. The van der Waals surface area contributed by atoms with Crippen molar-refractivity contribution in [3.05, 3.63) is 35.6 Å². The lowest BCUT2D eigenvalue weighted by molar-refractivity contribution is 0.184. The molecule has 1 unspecified atom stereocenters. The van der Waals surface area contributed by atoms with Crippen molar-refractivity contribution >= 4 is 0 Å². The number of rotatable bonds is 2. The van der Waals surface area contributed by atoms with Crippen LogP contribution in [0.5, 0.6) is 0 Å². The van der Waals surface area contributed by atoms with Crippen LogP contribution in [0.1, 0.15) is 18.1 Å². The Morgan fingerprint density at radius 3 is 2.50 bits per heavy atom. The normalized spacial score (nSPS) is 12.1. The zero-order chi connectivity index (χ0) is 8.97. The Bertz CT molecular complexity index is 284. The van der Waals surface area contributed by atoms with E-state index in [1.807, 2.05) is 0 Å². The first-order valence-corrected chi connectivity index (χ1v) is 3.61. The second-order valence-electron chi connectivity index (χ2n) is 2.48. The largest absolute Gasteiger partial charge is 0.387 e. The quantitative estimate of drug-likeness (QED) is 0.662. The Hall–Kier alpha value is -1.33. The number of halogens is 1. The molecule has 1 atom stereocenters. The first-order chi connectivity index (χ1) is 5.74. The summed E-state index contributed by atoms with van der Waals surface area (Å²) in [5.41, 5.74) is 0.648. The predicted molar refractivity (Wildman–Crippen MR) is 44.8 cm³/mol. The standard InChI is InChI=1S/C10H9FO/c1-2-3-10(12)8-4-6-9(11)7-5-8/h1,4-7,10,12H,3H2. The molecule has 0 aromatic heterocycles. The molecule has 0 amide bonds. The molecular weight excluding hydrogens is 155 g/mol. The van der Waals surface area contributed by atoms with Crippen LogP contribution in [0, 0.1) is 18.2 Å². The molecule has 1 aromatic rings. The lowest BCUT2D eigenvalue weighted by atomic mass is 10.1. The van der Waals surface area contributed by atoms with Gasteiger partial charge in [-0.1, -0.05) is 12.1 Å². The van der Waals surface area contributed by atoms with Gasteiger partial charge in [0.25, 0.3) is 0 Å². The third-order valence-electron chi connectivity index (χ3n) is 1.57. The van der Waals surface area contributed by atoms with Crippen LogP contribution in [0.4, 0.5) is 4.39 Å². The van der Waals surface area contributed by atoms with Crippen molar-refractivity contribution in [2.24, 2.45) is 0 Å². The summed E-state index contributed by atoms with van der Waals surface area (Å²) in [6, 6.07) is 5.65. The van der Waals surface area contributed by atoms with Crippen LogP contribution in [0.3, 0.4) is 0 Å². The van der Waals surface area contributed by atoms with Gasteiger partial charge in [-0.15, -0.1) is 12.3 Å². The number of benzene rings is 1. The van der Waals surface area contributed by atoms with Gasteiger partial charge >= 0.3 is 0 Å². The monoisotopic (exact) mass is 164 g/mol. The highest BCUT2D eigenvalue weighted by molar-refractivity contribution is 5.19. The number of aliphatic hydroxyl groups is 1. The van der Waals surface area contributed by atoms with E-state index in [4.69, 9.17) is 6.42 Å². The highest BCUT2D eigenvalue weighted by atomic mass is 19.1. The minimum Gasteiger partial charge on any atom is -0.387 e. The number of aliphatic hydroxyl groups excluding tert-OH is 1. The number of hydrogen-bond acceptors (Lipinski definition) is 1. The van der Waals surface area contributed by atoms with Crippen molar-refractivity contribution in [1.29, 1.82) is 0 Å². The highest BCUT2D eigenvalue weighted by Crippen LogP contribution is 2.15. The van der Waals surface area contributed by atoms with Crippen LogP contribution in [0.2, 0.25) is 0 Å². The maximum Gasteiger partial charge on any atom is 0.123 e. The molecule has 0 aliphatic carbocycles. The van der Waals surface area contributed by atoms with E-state index < -0.39 is 6.10 Å². The molecule has 1 aromatic carbocycles. The summed E-state index contributed by atoms with van der Waals surface area (Å²) in [4.78, 5) is 0. The molecular formula is C10H9FO. The van der Waals surface area contributed by atoms with Gasteiger partial charge in [-0.25, -0.2) is 4.39 Å². The van der Waals surface area contributed by atoms with Gasteiger partial charge in [-0.05, 0) is 17.7 Å². The van der Waals surface area contributed by atoms with Crippen molar-refractivity contribution in [3.63, 3.8) is 0 Å². The Kier molecular flexibility index (Phi) is 2.84. The predicted octanol–water partition coefficient (Wildman–Crippen LogP) is 1.88. The lowest BCUT2D eigenvalue weighted by Crippen LogP contribution is -1.95. The fourth-order valence-electron chi connectivity index (χ4n) is 0.914. The van der Waals surface area contributed by atoms with Gasteiger partial charge in [0.15, 0.2) is 0 Å². The smallest absolute Gasteiger partial charge is 0.123 e. The van der Waals surface area contributed by atoms with Crippen molar-refractivity contribution in [1.82, 2.24) is 0 Å². The van der Waals surface area contributed by atoms with Crippen LogP contribution in [-0.4, -0.2) is 5.11 Å². The number of hydrogen-bond donors (Lipinski definition) is 1. The SMILES string of the molecule is C#CCC(O)c1ccc(F)cc1. The van der Waals surface area contributed by atoms with E-state index in [0.29, 0.717) is 5.56 Å². The minimum absolute atomic E-state index is 0.256. The Morgan fingerprint density at radius 1 is 1.42 bits per heavy atom. The highest BCUT2D eigenvalue weighted by Gasteiger charge is 2.04. The van der Waals surface area contributed by atoms with E-state index in [2.05, 4.69) is 5.92 Å². The first kappa shape index (κ1) is 8.76. The molecule has 62 valence electrons. The van der Waals surface area contributed by atoms with Gasteiger partial charge in [-0.3, -0.25) is 0 Å². The molecule has 0 aliphatic rings. The molecule has 0 heterocycles. The molecule has 0 bridgehead atoms. The van der Waals surface area contributed by atoms with E-state index in [1.165, 1.54) is 24.3 Å².